The number of hydrogen-bond acceptors (Lipinski definition) is 2. The quantitative estimate of drug-likeness (QED) is 0.854. The van der Waals surface area contributed by atoms with Crippen LogP contribution in [0.3, 0.4) is 0 Å². The van der Waals surface area contributed by atoms with Crippen LogP contribution in [0, 0.1) is 0 Å². The van der Waals surface area contributed by atoms with Gasteiger partial charge in [0, 0.05) is 6.54 Å². The van der Waals surface area contributed by atoms with Crippen LogP contribution in [0.2, 0.25) is 0 Å². The molecule has 0 fully saturated rings. The van der Waals surface area contributed by atoms with Gasteiger partial charge in [-0.15, -0.1) is 0 Å². The van der Waals surface area contributed by atoms with Crippen molar-refractivity contribution in [3.63, 3.8) is 0 Å². The first kappa shape index (κ1) is 14.9. The molecule has 0 aromatic heterocycles. The number of rotatable bonds is 3. The van der Waals surface area contributed by atoms with E-state index in [9.17, 15) is 18.0 Å². The van der Waals surface area contributed by atoms with E-state index in [2.05, 4.69) is 5.32 Å². The van der Waals surface area contributed by atoms with E-state index in [0.717, 1.165) is 17.7 Å². The number of anilines is 1. The highest BCUT2D eigenvalue weighted by Crippen LogP contribution is 2.34. The van der Waals surface area contributed by atoms with Gasteiger partial charge in [-0.05, 0) is 17.7 Å². The molecule has 110 valence electrons. The van der Waals surface area contributed by atoms with E-state index in [-0.39, 0.29) is 12.1 Å². The molecule has 1 amide bonds. The zero-order chi connectivity index (χ0) is 15.5. The number of nitrogens with two attached hydrogens (primary N) is 1. The van der Waals surface area contributed by atoms with E-state index in [1.807, 2.05) is 6.07 Å². The minimum Gasteiger partial charge on any atom is -0.398 e. The Hall–Kier alpha value is -2.50. The third kappa shape index (κ3) is 3.53. The fraction of sp³-hybridized carbons (Fsp3) is 0.133. The van der Waals surface area contributed by atoms with Gasteiger partial charge in [-0.25, -0.2) is 0 Å². The van der Waals surface area contributed by atoms with Crippen LogP contribution in [0.15, 0.2) is 48.5 Å². The van der Waals surface area contributed by atoms with Crippen LogP contribution in [0.4, 0.5) is 18.9 Å². The van der Waals surface area contributed by atoms with Crippen molar-refractivity contribution in [2.45, 2.75) is 12.7 Å². The van der Waals surface area contributed by atoms with Crippen molar-refractivity contribution in [2.24, 2.45) is 0 Å². The average Bonchev–Trinajstić information content (AvgIpc) is 2.45. The highest BCUT2D eigenvalue weighted by Gasteiger charge is 2.34. The third-order valence-corrected chi connectivity index (χ3v) is 2.95. The van der Waals surface area contributed by atoms with Crippen LogP contribution in [0.1, 0.15) is 21.5 Å². The maximum atomic E-state index is 12.7. The normalized spacial score (nSPS) is 11.2. The summed E-state index contributed by atoms with van der Waals surface area (Å²) in [6.07, 6.45) is -4.58. The van der Waals surface area contributed by atoms with E-state index in [1.54, 1.807) is 24.3 Å². The summed E-state index contributed by atoms with van der Waals surface area (Å²) >= 11 is 0. The summed E-state index contributed by atoms with van der Waals surface area (Å²) in [4.78, 5) is 12.0. The molecule has 2 aromatic rings. The molecule has 0 aliphatic carbocycles. The van der Waals surface area contributed by atoms with Gasteiger partial charge in [-0.2, -0.15) is 13.2 Å². The fourth-order valence-corrected chi connectivity index (χ4v) is 1.88. The Bertz CT molecular complexity index is 639. The second-order valence-electron chi connectivity index (χ2n) is 4.43. The van der Waals surface area contributed by atoms with Crippen LogP contribution < -0.4 is 11.1 Å². The Balaban J connectivity index is 2.17. The minimum absolute atomic E-state index is 0.180. The van der Waals surface area contributed by atoms with Gasteiger partial charge in [0.15, 0.2) is 0 Å². The van der Waals surface area contributed by atoms with Crippen LogP contribution in [-0.4, -0.2) is 5.91 Å². The minimum atomic E-state index is -4.58. The largest absolute Gasteiger partial charge is 0.418 e. The maximum absolute atomic E-state index is 12.7. The molecule has 3 N–H and O–H groups in total. The van der Waals surface area contributed by atoms with E-state index in [1.165, 1.54) is 6.07 Å². The smallest absolute Gasteiger partial charge is 0.398 e. The summed E-state index contributed by atoms with van der Waals surface area (Å²) in [5, 5.41) is 2.55. The summed E-state index contributed by atoms with van der Waals surface area (Å²) in [6.45, 7) is 0.218. The molecule has 3 nitrogen and oxygen atoms in total. The molecular weight excluding hydrogens is 281 g/mol. The Morgan fingerprint density at radius 3 is 2.33 bits per heavy atom. The summed E-state index contributed by atoms with van der Waals surface area (Å²) < 4.78 is 38.2. The molecular formula is C15H13F3N2O. The number of halogens is 3. The molecule has 0 bridgehead atoms. The van der Waals surface area contributed by atoms with Crippen molar-refractivity contribution in [1.82, 2.24) is 5.32 Å². The van der Waals surface area contributed by atoms with Crippen molar-refractivity contribution >= 4 is 11.6 Å². The molecule has 0 atom stereocenters. The SMILES string of the molecule is Nc1c(C(=O)NCc2ccccc2)cccc1C(F)(F)F. The zero-order valence-electron chi connectivity index (χ0n) is 10.9. The number of para-hydroxylation sites is 1. The Morgan fingerprint density at radius 1 is 1.05 bits per heavy atom. The summed E-state index contributed by atoms with van der Waals surface area (Å²) in [7, 11) is 0. The Morgan fingerprint density at radius 2 is 1.71 bits per heavy atom. The van der Waals surface area contributed by atoms with Gasteiger partial charge in [-0.3, -0.25) is 4.79 Å². The number of carbonyl (C=O) groups is 1. The van der Waals surface area contributed by atoms with E-state index < -0.39 is 23.3 Å². The zero-order valence-corrected chi connectivity index (χ0v) is 10.9. The molecule has 2 rings (SSSR count). The van der Waals surface area contributed by atoms with Crippen LogP contribution in [0.25, 0.3) is 0 Å². The first-order chi connectivity index (χ1) is 9.89. The van der Waals surface area contributed by atoms with Gasteiger partial charge in [-0.1, -0.05) is 36.4 Å². The van der Waals surface area contributed by atoms with Gasteiger partial charge in [0.05, 0.1) is 16.8 Å². The molecule has 0 radical (unpaired) electrons. The van der Waals surface area contributed by atoms with Crippen molar-refractivity contribution in [1.29, 1.82) is 0 Å². The molecule has 6 heteroatoms. The highest BCUT2D eigenvalue weighted by molar-refractivity contribution is 5.99. The van der Waals surface area contributed by atoms with E-state index in [0.29, 0.717) is 0 Å². The predicted molar refractivity (Wildman–Crippen MR) is 73.5 cm³/mol. The third-order valence-electron chi connectivity index (χ3n) is 2.95. The standard InChI is InChI=1S/C15H13F3N2O/c16-15(17,18)12-8-4-7-11(13(12)19)14(21)20-9-10-5-2-1-3-6-10/h1-8H,9,19H2,(H,20,21). The van der Waals surface area contributed by atoms with Gasteiger partial charge >= 0.3 is 6.18 Å². The summed E-state index contributed by atoms with van der Waals surface area (Å²) in [6, 6.07) is 12.3. The molecule has 2 aromatic carbocycles. The van der Waals surface area contributed by atoms with Crippen LogP contribution >= 0.6 is 0 Å². The molecule has 21 heavy (non-hydrogen) atoms. The van der Waals surface area contributed by atoms with Gasteiger partial charge < -0.3 is 11.1 Å². The van der Waals surface area contributed by atoms with E-state index in [4.69, 9.17) is 5.73 Å². The summed E-state index contributed by atoms with van der Waals surface area (Å²) in [5.41, 5.74) is 4.56. The van der Waals surface area contributed by atoms with Crippen LogP contribution in [0.5, 0.6) is 0 Å². The Labute approximate surface area is 119 Å². The number of nitrogens with one attached hydrogen (secondary N) is 1. The lowest BCUT2D eigenvalue weighted by Gasteiger charge is -2.13. The van der Waals surface area contributed by atoms with Crippen molar-refractivity contribution in [3.05, 3.63) is 65.2 Å². The highest BCUT2D eigenvalue weighted by atomic mass is 19.4. The molecule has 0 saturated heterocycles. The first-order valence-electron chi connectivity index (χ1n) is 6.17. The van der Waals surface area contributed by atoms with E-state index >= 15 is 0 Å². The van der Waals surface area contributed by atoms with Crippen molar-refractivity contribution < 1.29 is 18.0 Å². The van der Waals surface area contributed by atoms with Gasteiger partial charge in [0.1, 0.15) is 0 Å². The molecule has 0 saturated carbocycles. The lowest BCUT2D eigenvalue weighted by Crippen LogP contribution is -2.25. The second kappa shape index (κ2) is 5.87. The molecule has 0 spiro atoms. The first-order valence-corrected chi connectivity index (χ1v) is 6.17. The molecule has 0 aliphatic rings. The van der Waals surface area contributed by atoms with Crippen LogP contribution in [-0.2, 0) is 12.7 Å². The topological polar surface area (TPSA) is 55.1 Å². The Kier molecular flexibility index (Phi) is 4.16. The van der Waals surface area contributed by atoms with Gasteiger partial charge in [0.2, 0.25) is 0 Å². The fourth-order valence-electron chi connectivity index (χ4n) is 1.88. The number of alkyl halides is 3. The lowest BCUT2D eigenvalue weighted by molar-refractivity contribution is -0.136. The van der Waals surface area contributed by atoms with Gasteiger partial charge in [0.25, 0.3) is 5.91 Å². The number of carbonyl (C=O) groups excluding carboxylic acids is 1. The predicted octanol–water partition coefficient (Wildman–Crippen LogP) is 3.22. The average molecular weight is 294 g/mol. The number of nitrogen functional groups attached to an aromatic ring is 1. The summed E-state index contributed by atoms with van der Waals surface area (Å²) in [5.74, 6) is -0.637. The molecule has 0 heterocycles. The number of benzene rings is 2. The second-order valence-corrected chi connectivity index (χ2v) is 4.43. The number of hydrogen-bond donors (Lipinski definition) is 2. The molecule has 0 aliphatic heterocycles. The number of amides is 1. The van der Waals surface area contributed by atoms with Crippen molar-refractivity contribution in [2.75, 3.05) is 5.73 Å². The lowest BCUT2D eigenvalue weighted by atomic mass is 10.1. The maximum Gasteiger partial charge on any atom is 0.418 e. The molecule has 0 unspecified atom stereocenters. The monoisotopic (exact) mass is 294 g/mol. The van der Waals surface area contributed by atoms with Crippen molar-refractivity contribution in [3.8, 4) is 0 Å².